The predicted molar refractivity (Wildman–Crippen MR) is 56.3 cm³/mol. The van der Waals surface area contributed by atoms with E-state index in [4.69, 9.17) is 11.6 Å². The van der Waals surface area contributed by atoms with Gasteiger partial charge in [0.2, 0.25) is 11.8 Å². The van der Waals surface area contributed by atoms with Gasteiger partial charge in [-0.2, -0.15) is 0 Å². The molecule has 0 unspecified atom stereocenters. The van der Waals surface area contributed by atoms with E-state index in [1.165, 1.54) is 0 Å². The third-order valence-corrected chi connectivity index (χ3v) is 1.91. The minimum Gasteiger partial charge on any atom is -0.355 e. The lowest BCUT2D eigenvalue weighted by atomic mass is 10.2. The Morgan fingerprint density at radius 1 is 1.14 bits per heavy atom. The highest BCUT2D eigenvalue weighted by atomic mass is 35.5. The number of hydrogen-bond donors (Lipinski definition) is 2. The van der Waals surface area contributed by atoms with Crippen LogP contribution in [-0.2, 0) is 9.59 Å². The Morgan fingerprint density at radius 3 is 2.43 bits per heavy atom. The van der Waals surface area contributed by atoms with Gasteiger partial charge in [0, 0.05) is 6.54 Å². The van der Waals surface area contributed by atoms with Crippen LogP contribution in [0, 0.1) is 0 Å². The second-order valence-electron chi connectivity index (χ2n) is 2.97. The van der Waals surface area contributed by atoms with Gasteiger partial charge in [-0.1, -0.05) is 19.8 Å². The molecule has 4 nitrogen and oxygen atoms in total. The van der Waals surface area contributed by atoms with Crippen LogP contribution in [0.1, 0.15) is 26.2 Å². The van der Waals surface area contributed by atoms with Gasteiger partial charge in [-0.05, 0) is 6.42 Å². The fourth-order valence-corrected chi connectivity index (χ4v) is 0.986. The molecular weight excluding hydrogens is 204 g/mol. The number of amides is 2. The number of unbranched alkanes of at least 4 members (excludes halogenated alkanes) is 2. The molecule has 82 valence electrons. The number of carbonyl (C=O) groups is 2. The molecule has 0 fully saturated rings. The summed E-state index contributed by atoms with van der Waals surface area (Å²) in [7, 11) is 0. The van der Waals surface area contributed by atoms with Crippen molar-refractivity contribution in [1.82, 2.24) is 10.6 Å². The zero-order valence-electron chi connectivity index (χ0n) is 8.44. The van der Waals surface area contributed by atoms with Crippen molar-refractivity contribution in [2.24, 2.45) is 0 Å². The zero-order chi connectivity index (χ0) is 10.8. The summed E-state index contributed by atoms with van der Waals surface area (Å²) in [5.41, 5.74) is 0. The van der Waals surface area contributed by atoms with Gasteiger partial charge in [-0.3, -0.25) is 9.59 Å². The second-order valence-corrected chi connectivity index (χ2v) is 3.23. The van der Waals surface area contributed by atoms with Gasteiger partial charge in [-0.25, -0.2) is 0 Å². The van der Waals surface area contributed by atoms with E-state index in [1.54, 1.807) is 0 Å². The highest BCUT2D eigenvalue weighted by molar-refractivity contribution is 6.27. The Bertz CT molecular complexity index is 186. The average Bonchev–Trinajstić information content (AvgIpc) is 2.21. The molecule has 0 atom stereocenters. The van der Waals surface area contributed by atoms with Gasteiger partial charge in [0.25, 0.3) is 0 Å². The molecule has 0 rings (SSSR count). The van der Waals surface area contributed by atoms with Crippen molar-refractivity contribution in [3.8, 4) is 0 Å². The molecule has 2 amide bonds. The van der Waals surface area contributed by atoms with Crippen molar-refractivity contribution in [3.05, 3.63) is 0 Å². The normalized spacial score (nSPS) is 9.57. The van der Waals surface area contributed by atoms with Gasteiger partial charge in [-0.15, -0.1) is 11.6 Å². The molecule has 0 spiro atoms. The summed E-state index contributed by atoms with van der Waals surface area (Å²) in [5, 5.41) is 5.09. The summed E-state index contributed by atoms with van der Waals surface area (Å²) < 4.78 is 0. The summed E-state index contributed by atoms with van der Waals surface area (Å²) in [6, 6.07) is 0. The smallest absolute Gasteiger partial charge is 0.239 e. The summed E-state index contributed by atoms with van der Waals surface area (Å²) in [4.78, 5) is 21.7. The summed E-state index contributed by atoms with van der Waals surface area (Å²) in [6.07, 6.45) is 3.21. The van der Waals surface area contributed by atoms with Crippen LogP contribution in [-0.4, -0.2) is 30.8 Å². The molecule has 0 aliphatic rings. The molecule has 0 heterocycles. The molecule has 0 aromatic rings. The number of nitrogens with one attached hydrogen (secondary N) is 2. The zero-order valence-corrected chi connectivity index (χ0v) is 9.19. The first-order valence-electron chi connectivity index (χ1n) is 4.80. The van der Waals surface area contributed by atoms with E-state index in [2.05, 4.69) is 17.6 Å². The van der Waals surface area contributed by atoms with Crippen LogP contribution in [0.25, 0.3) is 0 Å². The molecule has 0 saturated carbocycles. The number of alkyl halides is 1. The predicted octanol–water partition coefficient (Wildman–Crippen LogP) is 0.648. The van der Waals surface area contributed by atoms with Crippen LogP contribution in [0.15, 0.2) is 0 Å². The highest BCUT2D eigenvalue weighted by Crippen LogP contribution is 1.90. The first-order valence-corrected chi connectivity index (χ1v) is 5.33. The van der Waals surface area contributed by atoms with Crippen molar-refractivity contribution >= 4 is 23.4 Å². The van der Waals surface area contributed by atoms with Gasteiger partial charge in [0.05, 0.1) is 6.54 Å². The van der Waals surface area contributed by atoms with Crippen molar-refractivity contribution in [3.63, 3.8) is 0 Å². The van der Waals surface area contributed by atoms with Crippen LogP contribution in [0.2, 0.25) is 0 Å². The van der Waals surface area contributed by atoms with Crippen LogP contribution < -0.4 is 10.6 Å². The fourth-order valence-electron chi connectivity index (χ4n) is 0.891. The Labute approximate surface area is 89.4 Å². The first-order chi connectivity index (χ1) is 6.70. The van der Waals surface area contributed by atoms with E-state index in [1.807, 2.05) is 0 Å². The molecule has 0 aromatic heterocycles. The minimum atomic E-state index is -0.324. The number of halogens is 1. The van der Waals surface area contributed by atoms with Crippen LogP contribution in [0.4, 0.5) is 0 Å². The van der Waals surface area contributed by atoms with Crippen molar-refractivity contribution in [2.45, 2.75) is 26.2 Å². The lowest BCUT2D eigenvalue weighted by Gasteiger charge is -2.04. The molecule has 5 heteroatoms. The van der Waals surface area contributed by atoms with Crippen molar-refractivity contribution in [1.29, 1.82) is 0 Å². The van der Waals surface area contributed by atoms with E-state index in [9.17, 15) is 9.59 Å². The Kier molecular flexibility index (Phi) is 8.33. The SMILES string of the molecule is CCCCCNC(=O)CNC(=O)CCl. The Hall–Kier alpha value is -0.770. The number of carbonyl (C=O) groups excluding carboxylic acids is 2. The van der Waals surface area contributed by atoms with E-state index < -0.39 is 0 Å². The first kappa shape index (κ1) is 13.2. The van der Waals surface area contributed by atoms with Crippen LogP contribution in [0.3, 0.4) is 0 Å². The largest absolute Gasteiger partial charge is 0.355 e. The molecule has 0 aliphatic carbocycles. The lowest BCUT2D eigenvalue weighted by molar-refractivity contribution is -0.124. The molecule has 14 heavy (non-hydrogen) atoms. The third kappa shape index (κ3) is 7.86. The second kappa shape index (κ2) is 8.81. The summed E-state index contributed by atoms with van der Waals surface area (Å²) in [6.45, 7) is 2.78. The van der Waals surface area contributed by atoms with Gasteiger partial charge < -0.3 is 10.6 Å². The monoisotopic (exact) mass is 220 g/mol. The van der Waals surface area contributed by atoms with Gasteiger partial charge in [0.1, 0.15) is 5.88 Å². The minimum absolute atomic E-state index is 0.0116. The maximum absolute atomic E-state index is 11.1. The molecule has 0 radical (unpaired) electrons. The van der Waals surface area contributed by atoms with E-state index in [0.29, 0.717) is 6.54 Å². The number of hydrogen-bond acceptors (Lipinski definition) is 2. The molecule has 0 bridgehead atoms. The van der Waals surface area contributed by atoms with Crippen molar-refractivity contribution in [2.75, 3.05) is 19.0 Å². The average molecular weight is 221 g/mol. The van der Waals surface area contributed by atoms with Crippen LogP contribution in [0.5, 0.6) is 0 Å². The molecule has 0 aromatic carbocycles. The summed E-state index contributed by atoms with van der Waals surface area (Å²) in [5.74, 6) is -0.599. The maximum atomic E-state index is 11.1. The fraction of sp³-hybridized carbons (Fsp3) is 0.778. The molecule has 2 N–H and O–H groups in total. The number of rotatable bonds is 7. The van der Waals surface area contributed by atoms with Crippen LogP contribution >= 0.6 is 11.6 Å². The Balaban J connectivity index is 3.32. The van der Waals surface area contributed by atoms with E-state index in [-0.39, 0.29) is 24.2 Å². The maximum Gasteiger partial charge on any atom is 0.239 e. The van der Waals surface area contributed by atoms with E-state index >= 15 is 0 Å². The molecular formula is C9H17ClN2O2. The standard InChI is InChI=1S/C9H17ClN2O2/c1-2-3-4-5-11-9(14)7-12-8(13)6-10/h2-7H2,1H3,(H,11,14)(H,12,13). The van der Waals surface area contributed by atoms with Gasteiger partial charge >= 0.3 is 0 Å². The topological polar surface area (TPSA) is 58.2 Å². The quantitative estimate of drug-likeness (QED) is 0.489. The third-order valence-electron chi connectivity index (χ3n) is 1.67. The Morgan fingerprint density at radius 2 is 1.86 bits per heavy atom. The van der Waals surface area contributed by atoms with E-state index in [0.717, 1.165) is 19.3 Å². The molecule has 0 saturated heterocycles. The lowest BCUT2D eigenvalue weighted by Crippen LogP contribution is -2.37. The molecule has 0 aliphatic heterocycles. The summed E-state index contributed by atoms with van der Waals surface area (Å²) >= 11 is 5.24. The highest BCUT2D eigenvalue weighted by Gasteiger charge is 2.02. The van der Waals surface area contributed by atoms with Gasteiger partial charge in [0.15, 0.2) is 0 Å². The van der Waals surface area contributed by atoms with Crippen molar-refractivity contribution < 1.29 is 9.59 Å².